The van der Waals surface area contributed by atoms with Crippen LogP contribution in [0.15, 0.2) is 24.3 Å². The summed E-state index contributed by atoms with van der Waals surface area (Å²) in [6.07, 6.45) is 0.743. The Balaban J connectivity index is 2.98. The van der Waals surface area contributed by atoms with Crippen molar-refractivity contribution in [3.05, 3.63) is 39.9 Å². The van der Waals surface area contributed by atoms with Gasteiger partial charge in [0.1, 0.15) is 0 Å². The second kappa shape index (κ2) is 4.72. The number of nitro groups is 1. The van der Waals surface area contributed by atoms with Crippen LogP contribution >= 0.6 is 0 Å². The summed E-state index contributed by atoms with van der Waals surface area (Å²) in [5.41, 5.74) is 0.960. The Morgan fingerprint density at radius 1 is 1.57 bits per heavy atom. The monoisotopic (exact) mass is 195 g/mol. The first-order valence-electron chi connectivity index (χ1n) is 4.46. The fourth-order valence-corrected chi connectivity index (χ4v) is 1.38. The van der Waals surface area contributed by atoms with E-state index in [2.05, 4.69) is 0 Å². The van der Waals surface area contributed by atoms with Gasteiger partial charge in [0, 0.05) is 19.2 Å². The Bertz CT molecular complexity index is 321. The maximum atomic E-state index is 10.5. The summed E-state index contributed by atoms with van der Waals surface area (Å²) in [5, 5.41) is 10.5. The van der Waals surface area contributed by atoms with Gasteiger partial charge in [0.25, 0.3) is 5.69 Å². The first-order valence-corrected chi connectivity index (χ1v) is 4.46. The van der Waals surface area contributed by atoms with E-state index in [9.17, 15) is 10.1 Å². The number of rotatable bonds is 4. The third-order valence-electron chi connectivity index (χ3n) is 2.11. The minimum absolute atomic E-state index is 0.0603. The molecule has 1 rings (SSSR count). The SMILES string of the molecule is CCC(OC)c1cccc([N+](=O)[O-])c1. The van der Waals surface area contributed by atoms with Crippen LogP contribution in [0.5, 0.6) is 0 Å². The van der Waals surface area contributed by atoms with Gasteiger partial charge < -0.3 is 4.74 Å². The molecule has 0 saturated carbocycles. The summed E-state index contributed by atoms with van der Waals surface area (Å²) in [5.74, 6) is 0. The van der Waals surface area contributed by atoms with Crippen molar-refractivity contribution in [3.8, 4) is 0 Å². The molecule has 0 aliphatic carbocycles. The second-order valence-corrected chi connectivity index (χ2v) is 2.98. The molecule has 0 saturated heterocycles. The van der Waals surface area contributed by atoms with Crippen LogP contribution in [0.4, 0.5) is 5.69 Å². The maximum Gasteiger partial charge on any atom is 0.269 e. The molecule has 0 fully saturated rings. The molecule has 1 aromatic carbocycles. The lowest BCUT2D eigenvalue weighted by Gasteiger charge is -2.12. The Kier molecular flexibility index (Phi) is 3.59. The molecule has 0 aliphatic heterocycles. The Morgan fingerprint density at radius 3 is 2.79 bits per heavy atom. The van der Waals surface area contributed by atoms with Gasteiger partial charge in [-0.3, -0.25) is 10.1 Å². The van der Waals surface area contributed by atoms with E-state index >= 15 is 0 Å². The minimum atomic E-state index is -0.397. The zero-order valence-electron chi connectivity index (χ0n) is 8.27. The lowest BCUT2D eigenvalue weighted by atomic mass is 10.1. The zero-order valence-corrected chi connectivity index (χ0v) is 8.27. The van der Waals surface area contributed by atoms with Crippen LogP contribution in [0, 0.1) is 10.1 Å². The summed E-state index contributed by atoms with van der Waals surface area (Å²) in [7, 11) is 1.60. The van der Waals surface area contributed by atoms with E-state index in [1.54, 1.807) is 19.2 Å². The van der Waals surface area contributed by atoms with Crippen LogP contribution in [0.3, 0.4) is 0 Å². The molecule has 1 unspecified atom stereocenters. The van der Waals surface area contributed by atoms with Gasteiger partial charge in [0.2, 0.25) is 0 Å². The van der Waals surface area contributed by atoms with Crippen LogP contribution in [0.2, 0.25) is 0 Å². The predicted octanol–water partition coefficient (Wildman–Crippen LogP) is 2.69. The third kappa shape index (κ3) is 2.29. The molecular weight excluding hydrogens is 182 g/mol. The Hall–Kier alpha value is -1.42. The van der Waals surface area contributed by atoms with E-state index in [-0.39, 0.29) is 11.8 Å². The van der Waals surface area contributed by atoms with E-state index in [4.69, 9.17) is 4.74 Å². The first kappa shape index (κ1) is 10.7. The van der Waals surface area contributed by atoms with Crippen molar-refractivity contribution in [1.29, 1.82) is 0 Å². The third-order valence-corrected chi connectivity index (χ3v) is 2.11. The van der Waals surface area contributed by atoms with Crippen molar-refractivity contribution in [3.63, 3.8) is 0 Å². The fourth-order valence-electron chi connectivity index (χ4n) is 1.38. The van der Waals surface area contributed by atoms with E-state index in [0.29, 0.717) is 0 Å². The zero-order chi connectivity index (χ0) is 10.6. The van der Waals surface area contributed by atoms with E-state index in [1.165, 1.54) is 6.07 Å². The van der Waals surface area contributed by atoms with Crippen molar-refractivity contribution in [2.24, 2.45) is 0 Å². The van der Waals surface area contributed by atoms with Gasteiger partial charge >= 0.3 is 0 Å². The van der Waals surface area contributed by atoms with Crippen molar-refractivity contribution < 1.29 is 9.66 Å². The molecule has 0 bridgehead atoms. The molecule has 0 N–H and O–H groups in total. The minimum Gasteiger partial charge on any atom is -0.377 e. The Morgan fingerprint density at radius 2 is 2.29 bits per heavy atom. The first-order chi connectivity index (χ1) is 6.69. The molecule has 76 valence electrons. The molecule has 0 radical (unpaired) electrons. The molecule has 4 nitrogen and oxygen atoms in total. The molecule has 1 atom stereocenters. The van der Waals surface area contributed by atoms with E-state index in [1.807, 2.05) is 13.0 Å². The number of methoxy groups -OCH3 is 1. The molecule has 4 heteroatoms. The molecule has 0 heterocycles. The van der Waals surface area contributed by atoms with Gasteiger partial charge in [0.15, 0.2) is 0 Å². The highest BCUT2D eigenvalue weighted by molar-refractivity contribution is 5.35. The molecule has 0 spiro atoms. The quantitative estimate of drug-likeness (QED) is 0.548. The number of non-ortho nitro benzene ring substituents is 1. The maximum absolute atomic E-state index is 10.5. The van der Waals surface area contributed by atoms with Crippen molar-refractivity contribution in [1.82, 2.24) is 0 Å². The second-order valence-electron chi connectivity index (χ2n) is 2.98. The van der Waals surface area contributed by atoms with Crippen LogP contribution in [-0.2, 0) is 4.74 Å². The van der Waals surface area contributed by atoms with Gasteiger partial charge in [-0.2, -0.15) is 0 Å². The normalized spacial score (nSPS) is 12.4. The summed E-state index contributed by atoms with van der Waals surface area (Å²) >= 11 is 0. The smallest absolute Gasteiger partial charge is 0.269 e. The number of benzene rings is 1. The summed E-state index contributed by atoms with van der Waals surface area (Å²) in [6.45, 7) is 1.98. The van der Waals surface area contributed by atoms with Gasteiger partial charge in [-0.05, 0) is 12.0 Å². The van der Waals surface area contributed by atoms with Crippen LogP contribution in [0.25, 0.3) is 0 Å². The van der Waals surface area contributed by atoms with Gasteiger partial charge in [0.05, 0.1) is 11.0 Å². The fraction of sp³-hybridized carbons (Fsp3) is 0.400. The van der Waals surface area contributed by atoms with Gasteiger partial charge in [-0.15, -0.1) is 0 Å². The van der Waals surface area contributed by atoms with Crippen LogP contribution in [0.1, 0.15) is 25.0 Å². The van der Waals surface area contributed by atoms with Gasteiger partial charge in [-0.25, -0.2) is 0 Å². The van der Waals surface area contributed by atoms with Crippen molar-refractivity contribution in [2.75, 3.05) is 7.11 Å². The summed E-state index contributed by atoms with van der Waals surface area (Å²) in [4.78, 5) is 10.1. The lowest BCUT2D eigenvalue weighted by molar-refractivity contribution is -0.385. The highest BCUT2D eigenvalue weighted by Crippen LogP contribution is 2.23. The molecule has 0 amide bonds. The van der Waals surface area contributed by atoms with E-state index in [0.717, 1.165) is 12.0 Å². The highest BCUT2D eigenvalue weighted by Gasteiger charge is 2.11. The van der Waals surface area contributed by atoms with Gasteiger partial charge in [-0.1, -0.05) is 19.1 Å². The average Bonchev–Trinajstić information content (AvgIpc) is 2.20. The largest absolute Gasteiger partial charge is 0.377 e. The van der Waals surface area contributed by atoms with Crippen LogP contribution in [-0.4, -0.2) is 12.0 Å². The highest BCUT2D eigenvalue weighted by atomic mass is 16.6. The number of nitro benzene ring substituents is 1. The molecule has 1 aromatic rings. The lowest BCUT2D eigenvalue weighted by Crippen LogP contribution is -2.00. The standard InChI is InChI=1S/C10H13NO3/c1-3-10(14-2)8-5-4-6-9(7-8)11(12)13/h4-7,10H,3H2,1-2H3. The van der Waals surface area contributed by atoms with Crippen molar-refractivity contribution >= 4 is 5.69 Å². The Labute approximate surface area is 82.7 Å². The topological polar surface area (TPSA) is 52.4 Å². The van der Waals surface area contributed by atoms with Crippen LogP contribution < -0.4 is 0 Å². The predicted molar refractivity (Wildman–Crippen MR) is 53.1 cm³/mol. The number of nitrogens with zero attached hydrogens (tertiary/aromatic N) is 1. The molecule has 0 aliphatic rings. The molecule has 14 heavy (non-hydrogen) atoms. The van der Waals surface area contributed by atoms with E-state index < -0.39 is 4.92 Å². The summed E-state index contributed by atoms with van der Waals surface area (Å²) < 4.78 is 5.20. The molecule has 0 aromatic heterocycles. The number of hydrogen-bond donors (Lipinski definition) is 0. The molecular formula is C10H13NO3. The average molecular weight is 195 g/mol. The van der Waals surface area contributed by atoms with Crippen molar-refractivity contribution in [2.45, 2.75) is 19.4 Å². The number of hydrogen-bond acceptors (Lipinski definition) is 3. The number of ether oxygens (including phenoxy) is 1. The summed E-state index contributed by atoms with van der Waals surface area (Å²) in [6, 6.07) is 6.54.